The van der Waals surface area contributed by atoms with Gasteiger partial charge in [0.1, 0.15) is 24.2 Å². The highest BCUT2D eigenvalue weighted by molar-refractivity contribution is 5.78. The van der Waals surface area contributed by atoms with Gasteiger partial charge in [-0.05, 0) is 13.0 Å². The summed E-state index contributed by atoms with van der Waals surface area (Å²) in [6, 6.07) is 1.78. The standard InChI is InChI=1S/C12H14FN3O3/c1-6-7-2-3-16(11(7)15-5-14-6)12-9(13)10(18)8(4-17)19-12/h2-3,5,8-10,12,17-18H,4H2,1H3/t8-,9+,10-,12-/m1/s1. The molecule has 6 nitrogen and oxygen atoms in total. The second kappa shape index (κ2) is 4.52. The number of hydrogen-bond acceptors (Lipinski definition) is 5. The summed E-state index contributed by atoms with van der Waals surface area (Å²) in [6.07, 6.45) is -1.80. The van der Waals surface area contributed by atoms with Gasteiger partial charge in [-0.1, -0.05) is 0 Å². The van der Waals surface area contributed by atoms with Gasteiger partial charge in [-0.15, -0.1) is 0 Å². The van der Waals surface area contributed by atoms with Crippen LogP contribution in [0, 0.1) is 6.92 Å². The number of aromatic nitrogens is 3. The first-order valence-electron chi connectivity index (χ1n) is 6.00. The summed E-state index contributed by atoms with van der Waals surface area (Å²) in [7, 11) is 0. The summed E-state index contributed by atoms with van der Waals surface area (Å²) in [6.45, 7) is 1.41. The molecule has 2 aromatic rings. The molecule has 0 unspecified atom stereocenters. The summed E-state index contributed by atoms with van der Waals surface area (Å²) in [5.41, 5.74) is 1.34. The molecule has 1 aliphatic rings. The number of aliphatic hydroxyl groups excluding tert-OH is 2. The Kier molecular flexibility index (Phi) is 2.96. The van der Waals surface area contributed by atoms with E-state index in [0.29, 0.717) is 5.65 Å². The first-order valence-corrected chi connectivity index (χ1v) is 6.00. The molecule has 2 N–H and O–H groups in total. The Morgan fingerprint density at radius 1 is 1.47 bits per heavy atom. The van der Waals surface area contributed by atoms with Crippen molar-refractivity contribution >= 4 is 11.0 Å². The zero-order valence-electron chi connectivity index (χ0n) is 10.3. The molecule has 3 heterocycles. The summed E-state index contributed by atoms with van der Waals surface area (Å²) >= 11 is 0. The second-order valence-electron chi connectivity index (χ2n) is 4.60. The number of aliphatic hydroxyl groups is 2. The van der Waals surface area contributed by atoms with E-state index in [1.165, 1.54) is 10.9 Å². The van der Waals surface area contributed by atoms with Crippen molar-refractivity contribution in [3.8, 4) is 0 Å². The number of fused-ring (bicyclic) bond motifs is 1. The van der Waals surface area contributed by atoms with Crippen LogP contribution in [0.4, 0.5) is 4.39 Å². The molecule has 0 aromatic carbocycles. The lowest BCUT2D eigenvalue weighted by Gasteiger charge is -2.15. The van der Waals surface area contributed by atoms with E-state index in [4.69, 9.17) is 9.84 Å². The third kappa shape index (κ3) is 1.81. The van der Waals surface area contributed by atoms with Crippen molar-refractivity contribution in [3.63, 3.8) is 0 Å². The molecule has 0 saturated carbocycles. The van der Waals surface area contributed by atoms with E-state index in [2.05, 4.69) is 9.97 Å². The van der Waals surface area contributed by atoms with Gasteiger partial charge in [0.05, 0.1) is 12.3 Å². The molecule has 4 atom stereocenters. The van der Waals surface area contributed by atoms with E-state index in [9.17, 15) is 9.50 Å². The number of aryl methyl sites for hydroxylation is 1. The smallest absolute Gasteiger partial charge is 0.173 e. The average Bonchev–Trinajstić information content (AvgIpc) is 2.94. The zero-order chi connectivity index (χ0) is 13.6. The van der Waals surface area contributed by atoms with Crippen molar-refractivity contribution in [1.29, 1.82) is 0 Å². The van der Waals surface area contributed by atoms with Crippen LogP contribution >= 0.6 is 0 Å². The molecule has 102 valence electrons. The Balaban J connectivity index is 2.04. The topological polar surface area (TPSA) is 80.4 Å². The van der Waals surface area contributed by atoms with E-state index in [0.717, 1.165) is 11.1 Å². The molecular formula is C12H14FN3O3. The third-order valence-corrected chi connectivity index (χ3v) is 3.46. The van der Waals surface area contributed by atoms with E-state index in [-0.39, 0.29) is 0 Å². The van der Waals surface area contributed by atoms with Crippen LogP contribution in [0.3, 0.4) is 0 Å². The second-order valence-corrected chi connectivity index (χ2v) is 4.60. The molecule has 19 heavy (non-hydrogen) atoms. The van der Waals surface area contributed by atoms with E-state index < -0.39 is 31.2 Å². The Morgan fingerprint density at radius 3 is 2.95 bits per heavy atom. The largest absolute Gasteiger partial charge is 0.394 e. The molecule has 0 aliphatic carbocycles. The molecule has 2 aromatic heterocycles. The SMILES string of the molecule is Cc1ncnc2c1ccn2[C@@H]1O[C@H](CO)[C@@H](O)[C@@H]1F. The summed E-state index contributed by atoms with van der Waals surface area (Å²) in [5, 5.41) is 19.5. The maximum absolute atomic E-state index is 14.1. The fourth-order valence-electron chi connectivity index (χ4n) is 2.38. The first kappa shape index (κ1) is 12.5. The van der Waals surface area contributed by atoms with Crippen molar-refractivity contribution in [2.75, 3.05) is 6.61 Å². The van der Waals surface area contributed by atoms with Crippen molar-refractivity contribution < 1.29 is 19.3 Å². The van der Waals surface area contributed by atoms with Gasteiger partial charge in [0.15, 0.2) is 12.4 Å². The molecular weight excluding hydrogens is 253 g/mol. The molecule has 3 rings (SSSR count). The normalized spacial score (nSPS) is 31.2. The lowest BCUT2D eigenvalue weighted by Crippen LogP contribution is -2.30. The Morgan fingerprint density at radius 2 is 2.26 bits per heavy atom. The highest BCUT2D eigenvalue weighted by atomic mass is 19.1. The molecule has 1 saturated heterocycles. The number of hydrogen-bond donors (Lipinski definition) is 2. The highest BCUT2D eigenvalue weighted by Gasteiger charge is 2.45. The Hall–Kier alpha value is -1.57. The number of halogens is 1. The summed E-state index contributed by atoms with van der Waals surface area (Å²) in [5.74, 6) is 0. The minimum atomic E-state index is -1.61. The van der Waals surface area contributed by atoms with E-state index in [1.807, 2.05) is 6.92 Å². The number of nitrogens with zero attached hydrogens (tertiary/aromatic N) is 3. The van der Waals surface area contributed by atoms with Gasteiger partial charge in [0.25, 0.3) is 0 Å². The number of ether oxygens (including phenoxy) is 1. The van der Waals surface area contributed by atoms with Crippen LogP contribution in [-0.4, -0.2) is 49.7 Å². The van der Waals surface area contributed by atoms with Gasteiger partial charge < -0.3 is 19.5 Å². The fraction of sp³-hybridized carbons (Fsp3) is 0.500. The number of alkyl halides is 1. The van der Waals surface area contributed by atoms with Gasteiger partial charge in [0, 0.05) is 11.6 Å². The maximum Gasteiger partial charge on any atom is 0.173 e. The highest BCUT2D eigenvalue weighted by Crippen LogP contribution is 2.34. The van der Waals surface area contributed by atoms with Crippen LogP contribution in [0.1, 0.15) is 11.9 Å². The van der Waals surface area contributed by atoms with Crippen molar-refractivity contribution in [2.24, 2.45) is 0 Å². The van der Waals surface area contributed by atoms with Gasteiger partial charge >= 0.3 is 0 Å². The molecule has 0 bridgehead atoms. The van der Waals surface area contributed by atoms with Crippen molar-refractivity contribution in [1.82, 2.24) is 14.5 Å². The van der Waals surface area contributed by atoms with Crippen LogP contribution in [0.2, 0.25) is 0 Å². The Bertz CT molecular complexity index is 603. The molecule has 7 heteroatoms. The molecule has 0 amide bonds. The average molecular weight is 267 g/mol. The van der Waals surface area contributed by atoms with Gasteiger partial charge in [-0.2, -0.15) is 0 Å². The zero-order valence-corrected chi connectivity index (χ0v) is 10.3. The predicted octanol–water partition coefficient (Wildman–Crippen LogP) is 0.328. The maximum atomic E-state index is 14.1. The molecule has 0 spiro atoms. The number of rotatable bonds is 2. The minimum Gasteiger partial charge on any atom is -0.394 e. The van der Waals surface area contributed by atoms with Crippen LogP contribution in [0.25, 0.3) is 11.0 Å². The summed E-state index contributed by atoms with van der Waals surface area (Å²) < 4.78 is 20.9. The van der Waals surface area contributed by atoms with E-state index in [1.54, 1.807) is 12.3 Å². The van der Waals surface area contributed by atoms with Crippen LogP contribution in [0.15, 0.2) is 18.6 Å². The van der Waals surface area contributed by atoms with Crippen LogP contribution in [-0.2, 0) is 4.74 Å². The first-order chi connectivity index (χ1) is 9.13. The predicted molar refractivity (Wildman–Crippen MR) is 64.2 cm³/mol. The molecule has 1 fully saturated rings. The van der Waals surface area contributed by atoms with Crippen LogP contribution < -0.4 is 0 Å². The monoisotopic (exact) mass is 267 g/mol. The van der Waals surface area contributed by atoms with Gasteiger partial charge in [-0.25, -0.2) is 14.4 Å². The molecule has 1 aliphatic heterocycles. The van der Waals surface area contributed by atoms with Gasteiger partial charge in [-0.3, -0.25) is 0 Å². The lowest BCUT2D eigenvalue weighted by molar-refractivity contribution is -0.0457. The van der Waals surface area contributed by atoms with Crippen molar-refractivity contribution in [2.45, 2.75) is 31.5 Å². The third-order valence-electron chi connectivity index (χ3n) is 3.46. The van der Waals surface area contributed by atoms with Crippen LogP contribution in [0.5, 0.6) is 0 Å². The quantitative estimate of drug-likeness (QED) is 0.819. The van der Waals surface area contributed by atoms with Crippen molar-refractivity contribution in [3.05, 3.63) is 24.3 Å². The van der Waals surface area contributed by atoms with Gasteiger partial charge in [0.2, 0.25) is 0 Å². The Labute approximate surface area is 108 Å². The summed E-state index contributed by atoms with van der Waals surface area (Å²) in [4.78, 5) is 8.18. The molecule has 0 radical (unpaired) electrons. The van der Waals surface area contributed by atoms with E-state index >= 15 is 0 Å². The minimum absolute atomic E-state index is 0.425. The lowest BCUT2D eigenvalue weighted by atomic mass is 10.1. The fourth-order valence-corrected chi connectivity index (χ4v) is 2.38.